The highest BCUT2D eigenvalue weighted by Gasteiger charge is 2.15. The minimum atomic E-state index is 0.0898. The van der Waals surface area contributed by atoms with Gasteiger partial charge in [-0.1, -0.05) is 42.5 Å². The van der Waals surface area contributed by atoms with Crippen molar-refractivity contribution in [2.24, 2.45) is 0 Å². The molecule has 17 heavy (non-hydrogen) atoms. The van der Waals surface area contributed by atoms with Gasteiger partial charge in [-0.2, -0.15) is 0 Å². The zero-order valence-electron chi connectivity index (χ0n) is 9.44. The Morgan fingerprint density at radius 2 is 1.53 bits per heavy atom. The zero-order valence-corrected chi connectivity index (χ0v) is 9.44. The molecule has 0 spiro atoms. The molecule has 0 unspecified atom stereocenters. The van der Waals surface area contributed by atoms with E-state index in [1.54, 1.807) is 0 Å². The van der Waals surface area contributed by atoms with Gasteiger partial charge in [-0.25, -0.2) is 0 Å². The standard InChI is InChI=1S/C15H13NO/c17-15-10-9-11-5-1-2-6-12(11)13-7-3-4-8-14(13)16-15/h1-8H,9-10H2,(H,16,17). The van der Waals surface area contributed by atoms with Crippen molar-refractivity contribution < 1.29 is 4.79 Å². The Labute approximate surface area is 100 Å². The van der Waals surface area contributed by atoms with Crippen molar-refractivity contribution in [1.29, 1.82) is 0 Å². The van der Waals surface area contributed by atoms with Crippen LogP contribution in [0.15, 0.2) is 48.5 Å². The number of amides is 1. The monoisotopic (exact) mass is 223 g/mol. The van der Waals surface area contributed by atoms with E-state index in [4.69, 9.17) is 0 Å². The number of aryl methyl sites for hydroxylation is 1. The second-order valence-corrected chi connectivity index (χ2v) is 4.25. The first-order valence-corrected chi connectivity index (χ1v) is 5.82. The van der Waals surface area contributed by atoms with Crippen molar-refractivity contribution >= 4 is 11.6 Å². The van der Waals surface area contributed by atoms with Crippen molar-refractivity contribution in [3.63, 3.8) is 0 Å². The number of fused-ring (bicyclic) bond motifs is 3. The van der Waals surface area contributed by atoms with Crippen LogP contribution in [0.3, 0.4) is 0 Å². The maximum absolute atomic E-state index is 11.7. The molecule has 2 heteroatoms. The number of carbonyl (C=O) groups is 1. The van der Waals surface area contributed by atoms with E-state index in [0.717, 1.165) is 17.7 Å². The third-order valence-corrected chi connectivity index (χ3v) is 3.13. The Balaban J connectivity index is 2.24. The molecule has 3 rings (SSSR count). The molecule has 2 aromatic rings. The van der Waals surface area contributed by atoms with Crippen LogP contribution in [0.25, 0.3) is 11.1 Å². The van der Waals surface area contributed by atoms with Gasteiger partial charge in [0.05, 0.1) is 0 Å². The number of hydrogen-bond acceptors (Lipinski definition) is 1. The van der Waals surface area contributed by atoms with Gasteiger partial charge in [0, 0.05) is 17.7 Å². The Morgan fingerprint density at radius 3 is 2.41 bits per heavy atom. The summed E-state index contributed by atoms with van der Waals surface area (Å²) in [6, 6.07) is 16.2. The average Bonchev–Trinajstić information content (AvgIpc) is 2.36. The smallest absolute Gasteiger partial charge is 0.224 e. The highest BCUT2D eigenvalue weighted by atomic mass is 16.1. The summed E-state index contributed by atoms with van der Waals surface area (Å²) < 4.78 is 0. The molecule has 84 valence electrons. The summed E-state index contributed by atoms with van der Waals surface area (Å²) in [6.07, 6.45) is 1.35. The fourth-order valence-corrected chi connectivity index (χ4v) is 2.29. The van der Waals surface area contributed by atoms with E-state index in [1.165, 1.54) is 11.1 Å². The van der Waals surface area contributed by atoms with Crippen LogP contribution in [0.4, 0.5) is 5.69 Å². The predicted molar refractivity (Wildman–Crippen MR) is 68.8 cm³/mol. The summed E-state index contributed by atoms with van der Waals surface area (Å²) in [5.41, 5.74) is 4.48. The average molecular weight is 223 g/mol. The summed E-state index contributed by atoms with van der Waals surface area (Å²) in [7, 11) is 0. The van der Waals surface area contributed by atoms with Crippen molar-refractivity contribution in [3.8, 4) is 11.1 Å². The maximum Gasteiger partial charge on any atom is 0.224 e. The summed E-state index contributed by atoms with van der Waals surface area (Å²) in [4.78, 5) is 11.7. The van der Waals surface area contributed by atoms with Gasteiger partial charge in [0.25, 0.3) is 0 Å². The molecule has 2 nitrogen and oxygen atoms in total. The van der Waals surface area contributed by atoms with Crippen LogP contribution < -0.4 is 5.32 Å². The molecule has 0 atom stereocenters. The fraction of sp³-hybridized carbons (Fsp3) is 0.133. The topological polar surface area (TPSA) is 29.1 Å². The molecular weight excluding hydrogens is 210 g/mol. The summed E-state index contributed by atoms with van der Waals surface area (Å²) in [6.45, 7) is 0. The number of rotatable bonds is 0. The number of para-hydroxylation sites is 1. The lowest BCUT2D eigenvalue weighted by molar-refractivity contribution is -0.116. The van der Waals surface area contributed by atoms with E-state index < -0.39 is 0 Å². The summed E-state index contributed by atoms with van der Waals surface area (Å²) >= 11 is 0. The minimum Gasteiger partial charge on any atom is -0.326 e. The first kappa shape index (κ1) is 10.1. The first-order chi connectivity index (χ1) is 8.34. The zero-order chi connectivity index (χ0) is 11.7. The van der Waals surface area contributed by atoms with E-state index in [-0.39, 0.29) is 5.91 Å². The predicted octanol–water partition coefficient (Wildman–Crippen LogP) is 3.24. The van der Waals surface area contributed by atoms with Crippen molar-refractivity contribution in [2.75, 3.05) is 5.32 Å². The van der Waals surface area contributed by atoms with Crippen LogP contribution in [0, 0.1) is 0 Å². The van der Waals surface area contributed by atoms with Crippen LogP contribution in [0.2, 0.25) is 0 Å². The molecule has 1 aliphatic rings. The fourth-order valence-electron chi connectivity index (χ4n) is 2.29. The van der Waals surface area contributed by atoms with Crippen molar-refractivity contribution in [3.05, 3.63) is 54.1 Å². The minimum absolute atomic E-state index is 0.0898. The molecule has 1 aliphatic heterocycles. The highest BCUT2D eigenvalue weighted by Crippen LogP contribution is 2.32. The SMILES string of the molecule is O=C1CCc2ccccc2-c2ccccc2N1. The maximum atomic E-state index is 11.7. The lowest BCUT2D eigenvalue weighted by atomic mass is 9.94. The lowest BCUT2D eigenvalue weighted by Crippen LogP contribution is -2.15. The van der Waals surface area contributed by atoms with Crippen LogP contribution in [0.5, 0.6) is 0 Å². The third-order valence-electron chi connectivity index (χ3n) is 3.13. The molecule has 1 heterocycles. The van der Waals surface area contributed by atoms with E-state index in [2.05, 4.69) is 23.5 Å². The van der Waals surface area contributed by atoms with Gasteiger partial charge in [0.1, 0.15) is 0 Å². The molecule has 2 aromatic carbocycles. The Hall–Kier alpha value is -2.09. The van der Waals surface area contributed by atoms with Gasteiger partial charge >= 0.3 is 0 Å². The van der Waals surface area contributed by atoms with Crippen LogP contribution >= 0.6 is 0 Å². The van der Waals surface area contributed by atoms with Crippen molar-refractivity contribution in [2.45, 2.75) is 12.8 Å². The Bertz CT molecular complexity index is 575. The Morgan fingerprint density at radius 1 is 0.824 bits per heavy atom. The Kier molecular flexibility index (Phi) is 2.41. The number of anilines is 1. The molecule has 0 fully saturated rings. The van der Waals surface area contributed by atoms with Gasteiger partial charge < -0.3 is 5.32 Å². The molecule has 1 amide bonds. The summed E-state index contributed by atoms with van der Waals surface area (Å²) in [5, 5.41) is 2.96. The van der Waals surface area contributed by atoms with Gasteiger partial charge in [0.15, 0.2) is 0 Å². The van der Waals surface area contributed by atoms with Gasteiger partial charge in [-0.15, -0.1) is 0 Å². The van der Waals surface area contributed by atoms with Gasteiger partial charge in [-0.3, -0.25) is 4.79 Å². The van der Waals surface area contributed by atoms with Gasteiger partial charge in [-0.05, 0) is 23.6 Å². The second kappa shape index (κ2) is 4.06. The van der Waals surface area contributed by atoms with E-state index in [0.29, 0.717) is 6.42 Å². The van der Waals surface area contributed by atoms with E-state index >= 15 is 0 Å². The molecule has 0 saturated carbocycles. The highest BCUT2D eigenvalue weighted by molar-refractivity contribution is 5.97. The lowest BCUT2D eigenvalue weighted by Gasteiger charge is -2.17. The van der Waals surface area contributed by atoms with Crippen LogP contribution in [-0.2, 0) is 11.2 Å². The number of nitrogens with one attached hydrogen (secondary N) is 1. The number of carbonyl (C=O) groups excluding carboxylic acids is 1. The molecular formula is C15H13NO. The molecule has 0 saturated heterocycles. The van der Waals surface area contributed by atoms with E-state index in [9.17, 15) is 4.79 Å². The third kappa shape index (κ3) is 1.82. The number of hydrogen-bond donors (Lipinski definition) is 1. The normalized spacial score (nSPS) is 14.0. The first-order valence-electron chi connectivity index (χ1n) is 5.82. The number of benzene rings is 2. The molecule has 0 aromatic heterocycles. The quantitative estimate of drug-likeness (QED) is 0.729. The molecule has 0 aliphatic carbocycles. The van der Waals surface area contributed by atoms with Crippen LogP contribution in [-0.4, -0.2) is 5.91 Å². The molecule has 1 N–H and O–H groups in total. The van der Waals surface area contributed by atoms with Crippen molar-refractivity contribution in [1.82, 2.24) is 0 Å². The van der Waals surface area contributed by atoms with E-state index in [1.807, 2.05) is 30.3 Å². The summed E-state index contributed by atoms with van der Waals surface area (Å²) in [5.74, 6) is 0.0898. The van der Waals surface area contributed by atoms with Gasteiger partial charge in [0.2, 0.25) is 5.91 Å². The molecule has 0 bridgehead atoms. The molecule has 0 radical (unpaired) electrons. The van der Waals surface area contributed by atoms with Crippen LogP contribution in [0.1, 0.15) is 12.0 Å². The largest absolute Gasteiger partial charge is 0.326 e. The second-order valence-electron chi connectivity index (χ2n) is 4.25.